The number of hydrogen-bond acceptors (Lipinski definition) is 5. The van der Waals surface area contributed by atoms with Gasteiger partial charge in [-0.25, -0.2) is 9.97 Å². The maximum absolute atomic E-state index is 9.20. The number of aromatic nitrogens is 3. The van der Waals surface area contributed by atoms with Gasteiger partial charge in [0.25, 0.3) is 0 Å². The Morgan fingerprint density at radius 2 is 1.81 bits per heavy atom. The summed E-state index contributed by atoms with van der Waals surface area (Å²) in [4.78, 5) is 8.61. The average Bonchev–Trinajstić information content (AvgIpc) is 3.13. The molecule has 0 amide bonds. The van der Waals surface area contributed by atoms with Crippen LogP contribution in [-0.2, 0) is 20.1 Å². The van der Waals surface area contributed by atoms with Crippen molar-refractivity contribution in [2.24, 2.45) is 5.92 Å². The molecule has 0 bridgehead atoms. The largest absolute Gasteiger partial charge is 0.396 e. The van der Waals surface area contributed by atoms with Gasteiger partial charge < -0.3 is 19.9 Å². The number of pyridine rings is 1. The third-order valence-electron chi connectivity index (χ3n) is 3.62. The summed E-state index contributed by atoms with van der Waals surface area (Å²) in [5, 5.41) is 26.3. The average molecular weight is 585 g/mol. The van der Waals surface area contributed by atoms with Crippen LogP contribution in [0.1, 0.15) is 53.0 Å². The molecule has 2 aromatic rings. The normalized spacial score (nSPS) is 19.1. The van der Waals surface area contributed by atoms with E-state index in [1.54, 1.807) is 12.4 Å². The molecule has 9 heteroatoms. The molecular weight excluding hydrogens is 557 g/mol. The first kappa shape index (κ1) is 25.7. The Hall–Kier alpha value is -0.271. The van der Waals surface area contributed by atoms with E-state index in [1.807, 2.05) is 18.4 Å². The minimum absolute atomic E-state index is 0. The molecule has 26 heavy (non-hydrogen) atoms. The molecule has 1 saturated carbocycles. The Balaban J connectivity index is 0.000000683. The van der Waals surface area contributed by atoms with Gasteiger partial charge in [-0.1, -0.05) is 37.0 Å². The Bertz CT molecular complexity index is 671. The molecule has 151 valence electrons. The summed E-state index contributed by atoms with van der Waals surface area (Å²) in [6.45, 7) is 6.85. The topological polar surface area (TPSA) is 91.4 Å². The van der Waals surface area contributed by atoms with Crippen LogP contribution < -0.4 is 0 Å². The van der Waals surface area contributed by atoms with Crippen molar-refractivity contribution in [3.8, 4) is 0 Å². The maximum atomic E-state index is 9.20. The Labute approximate surface area is 177 Å². The van der Waals surface area contributed by atoms with Crippen LogP contribution in [0.2, 0.25) is 10.2 Å². The monoisotopic (exact) mass is 584 g/mol. The second kappa shape index (κ2) is 11.5. The first-order valence-electron chi connectivity index (χ1n) is 8.43. The first-order chi connectivity index (χ1) is 11.7. The number of nitrogens with zero attached hydrogens (tertiary/aromatic N) is 3. The molecular formula is C17H27Cl2IrN3O3. The Morgan fingerprint density at radius 3 is 2.31 bits per heavy atom. The fraction of sp³-hybridized carbons (Fsp3) is 0.647. The van der Waals surface area contributed by atoms with Crippen molar-refractivity contribution in [3.63, 3.8) is 0 Å². The van der Waals surface area contributed by atoms with Gasteiger partial charge in [-0.2, -0.15) is 0 Å². The van der Waals surface area contributed by atoms with Crippen molar-refractivity contribution >= 4 is 34.4 Å². The fourth-order valence-corrected chi connectivity index (χ4v) is 3.16. The van der Waals surface area contributed by atoms with Crippen molar-refractivity contribution in [1.29, 1.82) is 0 Å². The zero-order chi connectivity index (χ0) is 19.2. The minimum atomic E-state index is -1.50. The maximum Gasteiger partial charge on any atom is 0.163 e. The van der Waals surface area contributed by atoms with E-state index in [9.17, 15) is 5.11 Å². The number of fused-ring (bicyclic) bond motifs is 1. The van der Waals surface area contributed by atoms with Crippen LogP contribution in [0.15, 0.2) is 12.4 Å². The van der Waals surface area contributed by atoms with E-state index in [2.05, 4.69) is 9.97 Å². The van der Waals surface area contributed by atoms with Crippen molar-refractivity contribution in [3.05, 3.63) is 22.6 Å². The van der Waals surface area contributed by atoms with E-state index in [0.29, 0.717) is 27.7 Å². The SMILES string of the molecule is CC.CC(C)(O)O.OC[C@@H]1CCC(n2cnc3c(Cl)cc(Cl)nc32)C1.[Ir]. The van der Waals surface area contributed by atoms with Crippen LogP contribution in [0, 0.1) is 5.92 Å². The third kappa shape index (κ3) is 7.77. The molecule has 1 unspecified atom stereocenters. The summed E-state index contributed by atoms with van der Waals surface area (Å²) in [6.07, 6.45) is 4.79. The van der Waals surface area contributed by atoms with Crippen molar-refractivity contribution in [1.82, 2.24) is 14.5 Å². The van der Waals surface area contributed by atoms with Gasteiger partial charge in [-0.05, 0) is 45.1 Å². The molecule has 0 saturated heterocycles. The van der Waals surface area contributed by atoms with Crippen molar-refractivity contribution < 1.29 is 35.4 Å². The van der Waals surface area contributed by atoms with Gasteiger partial charge in [-0.15, -0.1) is 0 Å². The van der Waals surface area contributed by atoms with E-state index in [4.69, 9.17) is 33.4 Å². The smallest absolute Gasteiger partial charge is 0.163 e. The van der Waals surface area contributed by atoms with Gasteiger partial charge >= 0.3 is 0 Å². The molecule has 1 fully saturated rings. The number of imidazole rings is 1. The summed E-state index contributed by atoms with van der Waals surface area (Å²) in [6, 6.07) is 1.93. The van der Waals surface area contributed by atoms with Crippen LogP contribution in [0.5, 0.6) is 0 Å². The molecule has 1 aliphatic rings. The zero-order valence-corrected chi connectivity index (χ0v) is 19.3. The number of hydrogen-bond donors (Lipinski definition) is 3. The fourth-order valence-electron chi connectivity index (χ4n) is 2.67. The molecule has 2 heterocycles. The quantitative estimate of drug-likeness (QED) is 0.369. The van der Waals surface area contributed by atoms with Gasteiger partial charge in [0, 0.05) is 32.8 Å². The van der Waals surface area contributed by atoms with Crippen LogP contribution in [0.25, 0.3) is 11.2 Å². The number of aliphatic hydroxyl groups excluding tert-OH is 1. The van der Waals surface area contributed by atoms with E-state index in [1.165, 1.54) is 13.8 Å². The van der Waals surface area contributed by atoms with Crippen LogP contribution in [-0.4, -0.2) is 42.2 Å². The summed E-state index contributed by atoms with van der Waals surface area (Å²) < 4.78 is 2.03. The Kier molecular flexibility index (Phi) is 11.4. The molecule has 3 N–H and O–H groups in total. The number of aliphatic hydroxyl groups is 3. The van der Waals surface area contributed by atoms with Gasteiger partial charge in [0.15, 0.2) is 11.4 Å². The molecule has 2 atom stereocenters. The summed E-state index contributed by atoms with van der Waals surface area (Å²) in [5.41, 5.74) is 1.42. The molecule has 0 aliphatic heterocycles. The Morgan fingerprint density at radius 1 is 1.23 bits per heavy atom. The number of halogens is 2. The number of rotatable bonds is 2. The second-order valence-electron chi connectivity index (χ2n) is 6.26. The van der Waals surface area contributed by atoms with Crippen molar-refractivity contribution in [2.75, 3.05) is 6.61 Å². The van der Waals surface area contributed by atoms with Gasteiger partial charge in [0.1, 0.15) is 10.7 Å². The van der Waals surface area contributed by atoms with E-state index in [0.717, 1.165) is 24.9 Å². The molecule has 6 nitrogen and oxygen atoms in total. The molecule has 0 aromatic carbocycles. The van der Waals surface area contributed by atoms with Crippen LogP contribution in [0.4, 0.5) is 0 Å². The van der Waals surface area contributed by atoms with E-state index < -0.39 is 5.79 Å². The van der Waals surface area contributed by atoms with E-state index in [-0.39, 0.29) is 26.7 Å². The predicted octanol–water partition coefficient (Wildman–Crippen LogP) is 3.80. The summed E-state index contributed by atoms with van der Waals surface area (Å²) in [7, 11) is 0. The van der Waals surface area contributed by atoms with Crippen molar-refractivity contribution in [2.45, 2.75) is 58.8 Å². The van der Waals surface area contributed by atoms with Gasteiger partial charge in [-0.3, -0.25) is 0 Å². The molecule has 2 aromatic heterocycles. The van der Waals surface area contributed by atoms with Gasteiger partial charge in [0.2, 0.25) is 0 Å². The third-order valence-corrected chi connectivity index (χ3v) is 4.10. The second-order valence-corrected chi connectivity index (χ2v) is 7.06. The first-order valence-corrected chi connectivity index (χ1v) is 9.18. The standard InChI is InChI=1S/C12H13Cl2N3O.C3H8O2.C2H6.Ir/c13-9-4-10(14)16-12-11(9)15-6-17(12)8-2-1-7(3-8)5-18;1-3(2,4)5;1-2;/h4,6-8,18H,1-3,5H2;4-5H,1-2H3;1-2H3;/t7-,8?;;;/m1.../s1. The minimum Gasteiger partial charge on any atom is -0.396 e. The van der Waals surface area contributed by atoms with Crippen LogP contribution in [0.3, 0.4) is 0 Å². The summed E-state index contributed by atoms with van der Waals surface area (Å²) >= 11 is 12.0. The van der Waals surface area contributed by atoms with Crippen LogP contribution >= 0.6 is 23.2 Å². The van der Waals surface area contributed by atoms with E-state index >= 15 is 0 Å². The predicted molar refractivity (Wildman–Crippen MR) is 101 cm³/mol. The summed E-state index contributed by atoms with van der Waals surface area (Å²) in [5.74, 6) is -1.12. The van der Waals surface area contributed by atoms with Gasteiger partial charge in [0.05, 0.1) is 11.3 Å². The molecule has 3 rings (SSSR count). The molecule has 1 radical (unpaired) electrons. The molecule has 1 aliphatic carbocycles. The zero-order valence-electron chi connectivity index (χ0n) is 15.4. The molecule has 0 spiro atoms.